The first-order valence-electron chi connectivity index (χ1n) is 5.09. The van der Waals surface area contributed by atoms with E-state index < -0.39 is 0 Å². The van der Waals surface area contributed by atoms with E-state index in [0.717, 1.165) is 27.8 Å². The number of aromatic nitrogens is 3. The number of nitrogens with two attached hydrogens (primary N) is 1. The maximum absolute atomic E-state index is 5.48. The summed E-state index contributed by atoms with van der Waals surface area (Å²) in [5, 5.41) is 8.17. The maximum atomic E-state index is 5.48. The van der Waals surface area contributed by atoms with Crippen LogP contribution in [0, 0.1) is 6.92 Å². The molecule has 0 bridgehead atoms. The van der Waals surface area contributed by atoms with E-state index >= 15 is 0 Å². The summed E-state index contributed by atoms with van der Waals surface area (Å²) in [4.78, 5) is 0. The minimum absolute atomic E-state index is 0.593. The zero-order valence-electron chi connectivity index (χ0n) is 9.02. The molecule has 0 amide bonds. The molecule has 2 aromatic rings. The van der Waals surface area contributed by atoms with Crippen LogP contribution < -0.4 is 5.73 Å². The summed E-state index contributed by atoms with van der Waals surface area (Å²) in [6.07, 6.45) is 2.68. The molecule has 0 saturated heterocycles. The minimum atomic E-state index is 0.593. The Hall–Kier alpha value is -1.20. The predicted molar refractivity (Wildman–Crippen MR) is 66.6 cm³/mol. The summed E-state index contributed by atoms with van der Waals surface area (Å²) in [7, 11) is 0. The zero-order valence-corrected chi connectivity index (χ0v) is 10.6. The van der Waals surface area contributed by atoms with Gasteiger partial charge in [0, 0.05) is 10.9 Å². The molecule has 0 spiro atoms. The number of halogens is 1. The molecule has 2 rings (SSSR count). The standard InChI is InChI=1S/C11H13BrN4/c1-8-10(12)3-2-4-11(8)16-7-9(5-6-13)14-15-16/h2-4,7H,5-6,13H2,1H3. The fraction of sp³-hybridized carbons (Fsp3) is 0.273. The van der Waals surface area contributed by atoms with Crippen LogP contribution >= 0.6 is 15.9 Å². The van der Waals surface area contributed by atoms with Crippen molar-refractivity contribution in [1.82, 2.24) is 15.0 Å². The highest BCUT2D eigenvalue weighted by atomic mass is 79.9. The Morgan fingerprint density at radius 1 is 1.44 bits per heavy atom. The lowest BCUT2D eigenvalue weighted by atomic mass is 10.2. The van der Waals surface area contributed by atoms with Crippen molar-refractivity contribution in [1.29, 1.82) is 0 Å². The van der Waals surface area contributed by atoms with E-state index in [1.165, 1.54) is 0 Å². The Labute approximate surface area is 103 Å². The summed E-state index contributed by atoms with van der Waals surface area (Å²) >= 11 is 3.50. The normalized spacial score (nSPS) is 10.7. The van der Waals surface area contributed by atoms with E-state index in [2.05, 4.69) is 26.2 Å². The van der Waals surface area contributed by atoms with E-state index in [4.69, 9.17) is 5.73 Å². The van der Waals surface area contributed by atoms with Gasteiger partial charge in [-0.2, -0.15) is 0 Å². The lowest BCUT2D eigenvalue weighted by molar-refractivity contribution is 0.790. The van der Waals surface area contributed by atoms with Gasteiger partial charge in [-0.1, -0.05) is 27.2 Å². The van der Waals surface area contributed by atoms with Gasteiger partial charge in [0.1, 0.15) is 0 Å². The quantitative estimate of drug-likeness (QED) is 0.934. The van der Waals surface area contributed by atoms with E-state index in [0.29, 0.717) is 6.54 Å². The molecule has 0 atom stereocenters. The molecule has 2 N–H and O–H groups in total. The van der Waals surface area contributed by atoms with Gasteiger partial charge in [0.15, 0.2) is 0 Å². The summed E-state index contributed by atoms with van der Waals surface area (Å²) < 4.78 is 2.85. The van der Waals surface area contributed by atoms with E-state index in [-0.39, 0.29) is 0 Å². The van der Waals surface area contributed by atoms with Crippen LogP contribution in [-0.4, -0.2) is 21.5 Å². The summed E-state index contributed by atoms with van der Waals surface area (Å²) in [6, 6.07) is 6.01. The first-order valence-corrected chi connectivity index (χ1v) is 5.88. The Bertz CT molecular complexity index is 492. The van der Waals surface area contributed by atoms with Crippen molar-refractivity contribution in [2.45, 2.75) is 13.3 Å². The summed E-state index contributed by atoms with van der Waals surface area (Å²) in [5.74, 6) is 0. The van der Waals surface area contributed by atoms with Gasteiger partial charge in [-0.05, 0) is 31.2 Å². The van der Waals surface area contributed by atoms with Crippen molar-refractivity contribution in [3.63, 3.8) is 0 Å². The second-order valence-corrected chi connectivity index (χ2v) is 4.43. The van der Waals surface area contributed by atoms with Crippen LogP contribution in [0.3, 0.4) is 0 Å². The smallest absolute Gasteiger partial charge is 0.0844 e. The van der Waals surface area contributed by atoms with Crippen LogP contribution in [0.2, 0.25) is 0 Å². The third kappa shape index (κ3) is 2.15. The topological polar surface area (TPSA) is 56.7 Å². The number of benzene rings is 1. The van der Waals surface area contributed by atoms with Crippen molar-refractivity contribution in [2.75, 3.05) is 6.54 Å². The Morgan fingerprint density at radius 3 is 3.00 bits per heavy atom. The molecule has 0 aliphatic heterocycles. The van der Waals surface area contributed by atoms with Gasteiger partial charge in [0.05, 0.1) is 17.6 Å². The lowest BCUT2D eigenvalue weighted by Crippen LogP contribution is -2.02. The average Bonchev–Trinajstić information content (AvgIpc) is 2.71. The van der Waals surface area contributed by atoms with Gasteiger partial charge in [-0.3, -0.25) is 0 Å². The monoisotopic (exact) mass is 280 g/mol. The second-order valence-electron chi connectivity index (χ2n) is 3.58. The molecule has 16 heavy (non-hydrogen) atoms. The molecule has 5 heteroatoms. The Morgan fingerprint density at radius 2 is 2.25 bits per heavy atom. The van der Waals surface area contributed by atoms with Crippen molar-refractivity contribution in [3.8, 4) is 5.69 Å². The van der Waals surface area contributed by atoms with Gasteiger partial charge in [-0.15, -0.1) is 5.10 Å². The SMILES string of the molecule is Cc1c(Br)cccc1-n1cc(CCN)nn1. The fourth-order valence-electron chi connectivity index (χ4n) is 1.52. The highest BCUT2D eigenvalue weighted by molar-refractivity contribution is 9.10. The third-order valence-electron chi connectivity index (χ3n) is 2.43. The molecule has 1 aromatic carbocycles. The number of hydrogen-bond donors (Lipinski definition) is 1. The van der Waals surface area contributed by atoms with E-state index in [9.17, 15) is 0 Å². The maximum Gasteiger partial charge on any atom is 0.0844 e. The second kappa shape index (κ2) is 4.76. The number of hydrogen-bond acceptors (Lipinski definition) is 3. The van der Waals surface area contributed by atoms with Crippen LogP contribution in [0.4, 0.5) is 0 Å². The molecule has 1 aromatic heterocycles. The largest absolute Gasteiger partial charge is 0.330 e. The molecule has 0 radical (unpaired) electrons. The highest BCUT2D eigenvalue weighted by Gasteiger charge is 2.06. The number of nitrogens with zero attached hydrogens (tertiary/aromatic N) is 3. The molecule has 0 unspecified atom stereocenters. The molecule has 0 aliphatic carbocycles. The van der Waals surface area contributed by atoms with Crippen LogP contribution in [0.15, 0.2) is 28.9 Å². The van der Waals surface area contributed by atoms with Crippen molar-refractivity contribution >= 4 is 15.9 Å². The number of rotatable bonds is 3. The lowest BCUT2D eigenvalue weighted by Gasteiger charge is -2.05. The molecule has 0 fully saturated rings. The van der Waals surface area contributed by atoms with Gasteiger partial charge < -0.3 is 5.73 Å². The summed E-state index contributed by atoms with van der Waals surface area (Å²) in [6.45, 7) is 2.64. The van der Waals surface area contributed by atoms with Crippen molar-refractivity contribution < 1.29 is 0 Å². The first kappa shape index (κ1) is 11.3. The van der Waals surface area contributed by atoms with Crippen LogP contribution in [0.5, 0.6) is 0 Å². The van der Waals surface area contributed by atoms with Crippen molar-refractivity contribution in [2.24, 2.45) is 5.73 Å². The van der Waals surface area contributed by atoms with Crippen LogP contribution in [0.25, 0.3) is 5.69 Å². The van der Waals surface area contributed by atoms with E-state index in [1.54, 1.807) is 4.68 Å². The molecule has 0 aliphatic rings. The van der Waals surface area contributed by atoms with Gasteiger partial charge >= 0.3 is 0 Å². The fourth-order valence-corrected chi connectivity index (χ4v) is 1.88. The van der Waals surface area contributed by atoms with Gasteiger partial charge in [0.25, 0.3) is 0 Å². The first-order chi connectivity index (χ1) is 7.72. The van der Waals surface area contributed by atoms with Crippen molar-refractivity contribution in [3.05, 3.63) is 40.1 Å². The van der Waals surface area contributed by atoms with Gasteiger partial charge in [-0.25, -0.2) is 4.68 Å². The molecule has 1 heterocycles. The molecular formula is C11H13BrN4. The third-order valence-corrected chi connectivity index (χ3v) is 3.29. The van der Waals surface area contributed by atoms with Crippen LogP contribution in [-0.2, 0) is 6.42 Å². The Balaban J connectivity index is 2.39. The average molecular weight is 281 g/mol. The van der Waals surface area contributed by atoms with Crippen LogP contribution in [0.1, 0.15) is 11.3 Å². The van der Waals surface area contributed by atoms with Gasteiger partial charge in [0.2, 0.25) is 0 Å². The highest BCUT2D eigenvalue weighted by Crippen LogP contribution is 2.21. The molecule has 0 saturated carbocycles. The molecular weight excluding hydrogens is 268 g/mol. The molecule has 4 nitrogen and oxygen atoms in total. The molecule has 84 valence electrons. The van der Waals surface area contributed by atoms with E-state index in [1.807, 2.05) is 31.3 Å². The summed E-state index contributed by atoms with van der Waals surface area (Å²) in [5.41, 5.74) is 8.57. The minimum Gasteiger partial charge on any atom is -0.330 e. The predicted octanol–water partition coefficient (Wildman–Crippen LogP) is 1.84. The zero-order chi connectivity index (χ0) is 11.5. The Kier molecular flexibility index (Phi) is 3.36.